The largest absolute Gasteiger partial charge is 0.378 e. The second-order valence-corrected chi connectivity index (χ2v) is 7.53. The molecule has 0 bridgehead atoms. The zero-order chi connectivity index (χ0) is 20.3. The molecule has 0 aliphatic carbocycles. The molecule has 3 heterocycles. The smallest absolute Gasteiger partial charge is 0.175 e. The van der Waals surface area contributed by atoms with Gasteiger partial charge in [-0.2, -0.15) is 0 Å². The number of rotatable bonds is 3. The summed E-state index contributed by atoms with van der Waals surface area (Å²) in [6, 6.07) is 18.3. The van der Waals surface area contributed by atoms with E-state index in [4.69, 9.17) is 17.0 Å². The quantitative estimate of drug-likeness (QED) is 0.379. The van der Waals surface area contributed by atoms with Crippen LogP contribution in [0, 0.1) is 0 Å². The molecule has 2 aromatic carbocycles. The van der Waals surface area contributed by atoms with Crippen molar-refractivity contribution < 1.29 is 4.74 Å². The zero-order valence-corrected chi connectivity index (χ0v) is 17.2. The number of pyridine rings is 2. The lowest BCUT2D eigenvalue weighted by Crippen LogP contribution is -2.36. The summed E-state index contributed by atoms with van der Waals surface area (Å²) in [6.07, 6.45) is 3.57. The van der Waals surface area contributed by atoms with Gasteiger partial charge in [0.1, 0.15) is 0 Å². The van der Waals surface area contributed by atoms with E-state index in [0.717, 1.165) is 59.5 Å². The predicted octanol–water partition coefficient (Wildman–Crippen LogP) is 4.43. The highest BCUT2D eigenvalue weighted by Crippen LogP contribution is 2.29. The average molecular weight is 416 g/mol. The van der Waals surface area contributed by atoms with Gasteiger partial charge in [-0.3, -0.25) is 9.97 Å². The topological polar surface area (TPSA) is 62.3 Å². The monoisotopic (exact) mass is 415 g/mol. The number of benzene rings is 2. The first-order valence-corrected chi connectivity index (χ1v) is 10.3. The highest BCUT2D eigenvalue weighted by Gasteiger charge is 2.12. The number of hydrogen-bond acceptors (Lipinski definition) is 5. The Bertz CT molecular complexity index is 1210. The van der Waals surface area contributed by atoms with E-state index in [1.54, 1.807) is 12.4 Å². The molecule has 2 N–H and O–H groups in total. The molecule has 0 radical (unpaired) electrons. The third kappa shape index (κ3) is 3.77. The van der Waals surface area contributed by atoms with Crippen molar-refractivity contribution in [1.82, 2.24) is 9.97 Å². The van der Waals surface area contributed by atoms with E-state index in [9.17, 15) is 0 Å². The molecular formula is C23H21N5OS. The van der Waals surface area contributed by atoms with Crippen molar-refractivity contribution in [3.8, 4) is 0 Å². The predicted molar refractivity (Wildman–Crippen MR) is 126 cm³/mol. The van der Waals surface area contributed by atoms with E-state index in [1.807, 2.05) is 36.4 Å². The van der Waals surface area contributed by atoms with Crippen molar-refractivity contribution in [2.24, 2.45) is 0 Å². The third-order valence-corrected chi connectivity index (χ3v) is 5.41. The first-order chi connectivity index (χ1) is 14.8. The van der Waals surface area contributed by atoms with E-state index in [1.165, 1.54) is 5.69 Å². The second kappa shape index (κ2) is 8.22. The van der Waals surface area contributed by atoms with Gasteiger partial charge in [0.2, 0.25) is 0 Å². The Labute approximate surface area is 179 Å². The minimum absolute atomic E-state index is 0.530. The van der Waals surface area contributed by atoms with Crippen LogP contribution in [0.2, 0.25) is 0 Å². The van der Waals surface area contributed by atoms with Gasteiger partial charge in [-0.1, -0.05) is 6.07 Å². The number of nitrogens with zero attached hydrogens (tertiary/aromatic N) is 3. The fraction of sp³-hybridized carbons (Fsp3) is 0.174. The molecule has 150 valence electrons. The molecule has 0 unspecified atom stereocenters. The summed E-state index contributed by atoms with van der Waals surface area (Å²) in [5, 5.41) is 9.13. The normalized spacial score (nSPS) is 14.1. The molecular weight excluding hydrogens is 394 g/mol. The van der Waals surface area contributed by atoms with Gasteiger partial charge in [-0.15, -0.1) is 0 Å². The highest BCUT2D eigenvalue weighted by atomic mass is 32.1. The molecule has 1 saturated heterocycles. The molecule has 1 aliphatic rings. The van der Waals surface area contributed by atoms with Gasteiger partial charge in [0.25, 0.3) is 0 Å². The maximum Gasteiger partial charge on any atom is 0.175 e. The lowest BCUT2D eigenvalue weighted by atomic mass is 10.1. The van der Waals surface area contributed by atoms with Gasteiger partial charge in [-0.05, 0) is 60.7 Å². The third-order valence-electron chi connectivity index (χ3n) is 5.21. The number of nitrogens with one attached hydrogen (secondary N) is 2. The van der Waals surface area contributed by atoms with E-state index >= 15 is 0 Å². The van der Waals surface area contributed by atoms with Crippen LogP contribution in [0.15, 0.2) is 67.0 Å². The number of fused-ring (bicyclic) bond motifs is 3. The van der Waals surface area contributed by atoms with E-state index in [0.29, 0.717) is 5.11 Å². The Kier molecular flexibility index (Phi) is 5.13. The van der Waals surface area contributed by atoms with Crippen LogP contribution >= 0.6 is 12.2 Å². The number of anilines is 3. The van der Waals surface area contributed by atoms with Crippen LogP contribution in [-0.4, -0.2) is 41.4 Å². The summed E-state index contributed by atoms with van der Waals surface area (Å²) in [6.45, 7) is 3.39. The molecule has 0 atom stereocenters. The van der Waals surface area contributed by atoms with Crippen LogP contribution in [0.25, 0.3) is 21.8 Å². The standard InChI is InChI=1S/C23H21N5OS/c30-23(26-17-5-7-18(8-6-17)28-11-13-29-14-12-28)27-20-15-16-3-1-9-24-21(16)22-19(20)4-2-10-25-22/h1-10,15H,11-14H2,(H2,26,27,30). The Morgan fingerprint density at radius 3 is 2.43 bits per heavy atom. The lowest BCUT2D eigenvalue weighted by molar-refractivity contribution is 0.122. The van der Waals surface area contributed by atoms with Gasteiger partial charge in [0.05, 0.1) is 29.9 Å². The minimum atomic E-state index is 0.530. The summed E-state index contributed by atoms with van der Waals surface area (Å²) in [5.41, 5.74) is 4.78. The number of thiocarbonyl (C=S) groups is 1. The molecule has 30 heavy (non-hydrogen) atoms. The van der Waals surface area contributed by atoms with Crippen LogP contribution in [-0.2, 0) is 4.74 Å². The lowest BCUT2D eigenvalue weighted by Gasteiger charge is -2.29. The maximum atomic E-state index is 5.58. The van der Waals surface area contributed by atoms with Crippen molar-refractivity contribution in [3.05, 3.63) is 67.0 Å². The minimum Gasteiger partial charge on any atom is -0.378 e. The van der Waals surface area contributed by atoms with Crippen LogP contribution < -0.4 is 15.5 Å². The second-order valence-electron chi connectivity index (χ2n) is 7.12. The summed E-state index contributed by atoms with van der Waals surface area (Å²) in [7, 11) is 0. The molecule has 1 fully saturated rings. The van der Waals surface area contributed by atoms with Gasteiger partial charge < -0.3 is 20.3 Å². The van der Waals surface area contributed by atoms with Gasteiger partial charge in [0, 0.05) is 47.6 Å². The van der Waals surface area contributed by atoms with Crippen LogP contribution in [0.4, 0.5) is 17.1 Å². The number of hydrogen-bond donors (Lipinski definition) is 2. The van der Waals surface area contributed by atoms with Gasteiger partial charge >= 0.3 is 0 Å². The van der Waals surface area contributed by atoms with Crippen LogP contribution in [0.1, 0.15) is 0 Å². The Morgan fingerprint density at radius 1 is 0.900 bits per heavy atom. The van der Waals surface area contributed by atoms with Gasteiger partial charge in [-0.25, -0.2) is 0 Å². The molecule has 4 aromatic rings. The van der Waals surface area contributed by atoms with Crippen molar-refractivity contribution in [3.63, 3.8) is 0 Å². The Hall–Kier alpha value is -3.29. The van der Waals surface area contributed by atoms with Crippen LogP contribution in [0.5, 0.6) is 0 Å². The fourth-order valence-electron chi connectivity index (χ4n) is 3.74. The average Bonchev–Trinajstić information content (AvgIpc) is 2.80. The first kappa shape index (κ1) is 18.7. The molecule has 0 saturated carbocycles. The van der Waals surface area contributed by atoms with E-state index < -0.39 is 0 Å². The van der Waals surface area contributed by atoms with Gasteiger partial charge in [0.15, 0.2) is 5.11 Å². The number of ether oxygens (including phenoxy) is 1. The SMILES string of the molecule is S=C(Nc1ccc(N2CCOCC2)cc1)Nc1cc2cccnc2c2ncccc12. The van der Waals surface area contributed by atoms with E-state index in [2.05, 4.69) is 43.7 Å². The zero-order valence-electron chi connectivity index (χ0n) is 16.3. The van der Waals surface area contributed by atoms with Crippen molar-refractivity contribution in [2.75, 3.05) is 41.8 Å². The Morgan fingerprint density at radius 2 is 1.63 bits per heavy atom. The molecule has 2 aromatic heterocycles. The summed E-state index contributed by atoms with van der Waals surface area (Å²) < 4.78 is 5.42. The summed E-state index contributed by atoms with van der Waals surface area (Å²) >= 11 is 5.58. The van der Waals surface area contributed by atoms with Crippen molar-refractivity contribution in [1.29, 1.82) is 0 Å². The fourth-order valence-corrected chi connectivity index (χ4v) is 3.97. The number of morpholine rings is 1. The summed E-state index contributed by atoms with van der Waals surface area (Å²) in [4.78, 5) is 11.4. The molecule has 1 aliphatic heterocycles. The summed E-state index contributed by atoms with van der Waals surface area (Å²) in [5.74, 6) is 0. The molecule has 0 spiro atoms. The van der Waals surface area contributed by atoms with Crippen molar-refractivity contribution >= 4 is 56.2 Å². The van der Waals surface area contributed by atoms with E-state index in [-0.39, 0.29) is 0 Å². The highest BCUT2D eigenvalue weighted by molar-refractivity contribution is 7.80. The van der Waals surface area contributed by atoms with Crippen molar-refractivity contribution in [2.45, 2.75) is 0 Å². The number of aromatic nitrogens is 2. The Balaban J connectivity index is 1.35. The first-order valence-electron chi connectivity index (χ1n) is 9.91. The van der Waals surface area contributed by atoms with Crippen LogP contribution in [0.3, 0.4) is 0 Å². The maximum absolute atomic E-state index is 5.58. The molecule has 7 heteroatoms. The molecule has 6 nitrogen and oxygen atoms in total. The molecule has 0 amide bonds. The molecule has 5 rings (SSSR count).